The molecular formula is C21H26N4O. The average molecular weight is 350 g/mol. The van der Waals surface area contributed by atoms with E-state index in [1.807, 2.05) is 13.0 Å². The van der Waals surface area contributed by atoms with Crippen molar-refractivity contribution in [2.45, 2.75) is 58.0 Å². The normalized spacial score (nSPS) is 19.8. The highest BCUT2D eigenvalue weighted by atomic mass is 16.2. The van der Waals surface area contributed by atoms with Crippen LogP contribution in [-0.4, -0.2) is 39.4 Å². The zero-order valence-corrected chi connectivity index (χ0v) is 15.5. The van der Waals surface area contributed by atoms with Crippen LogP contribution in [0.15, 0.2) is 30.3 Å². The van der Waals surface area contributed by atoms with Gasteiger partial charge in [0.05, 0.1) is 6.04 Å². The van der Waals surface area contributed by atoms with Crippen molar-refractivity contribution in [3.8, 4) is 0 Å². The smallest absolute Gasteiger partial charge is 0.225 e. The number of aromatic nitrogens is 2. The van der Waals surface area contributed by atoms with Crippen LogP contribution < -0.4 is 5.32 Å². The second kappa shape index (κ2) is 7.06. The first-order valence-electron chi connectivity index (χ1n) is 9.59. The molecule has 1 N–H and O–H groups in total. The first-order chi connectivity index (χ1) is 12.6. The Morgan fingerprint density at radius 1 is 1.15 bits per heavy atom. The molecular weight excluding hydrogens is 324 g/mol. The molecule has 0 saturated carbocycles. The molecule has 0 radical (unpaired) electrons. The maximum atomic E-state index is 12.6. The van der Waals surface area contributed by atoms with E-state index in [4.69, 9.17) is 0 Å². The summed E-state index contributed by atoms with van der Waals surface area (Å²) in [6, 6.07) is 10.9. The van der Waals surface area contributed by atoms with Crippen molar-refractivity contribution in [3.63, 3.8) is 0 Å². The van der Waals surface area contributed by atoms with Gasteiger partial charge >= 0.3 is 0 Å². The minimum atomic E-state index is 0.120. The quantitative estimate of drug-likeness (QED) is 0.901. The summed E-state index contributed by atoms with van der Waals surface area (Å²) in [4.78, 5) is 23.8. The fraction of sp³-hybridized carbons (Fsp3) is 0.476. The number of nitrogens with one attached hydrogen (secondary N) is 1. The second-order valence-electron chi connectivity index (χ2n) is 7.48. The van der Waals surface area contributed by atoms with Gasteiger partial charge in [-0.15, -0.1) is 0 Å². The number of carbonyl (C=O) groups is 1. The molecule has 2 heterocycles. The molecule has 1 unspecified atom stereocenters. The van der Waals surface area contributed by atoms with Gasteiger partial charge in [0.2, 0.25) is 5.91 Å². The van der Waals surface area contributed by atoms with E-state index in [0.717, 1.165) is 49.6 Å². The number of rotatable bonds is 5. The van der Waals surface area contributed by atoms with Gasteiger partial charge in [-0.25, -0.2) is 9.97 Å². The van der Waals surface area contributed by atoms with E-state index in [1.165, 1.54) is 11.1 Å². The minimum Gasteiger partial charge on any atom is -0.365 e. The summed E-state index contributed by atoms with van der Waals surface area (Å²) in [6.45, 7) is 4.88. The Kier molecular flexibility index (Phi) is 4.62. The number of fused-ring (bicyclic) bond motifs is 1. The van der Waals surface area contributed by atoms with Gasteiger partial charge in [-0.2, -0.15) is 0 Å². The number of hydrogen-bond donors (Lipinski definition) is 1. The molecule has 1 aromatic heterocycles. The lowest BCUT2D eigenvalue weighted by Gasteiger charge is -2.24. The van der Waals surface area contributed by atoms with E-state index in [0.29, 0.717) is 12.5 Å². The highest BCUT2D eigenvalue weighted by molar-refractivity contribution is 5.80. The largest absolute Gasteiger partial charge is 0.365 e. The van der Waals surface area contributed by atoms with Crippen molar-refractivity contribution < 1.29 is 4.79 Å². The molecule has 1 fully saturated rings. The summed E-state index contributed by atoms with van der Waals surface area (Å²) in [5, 5.41) is 3.47. The van der Waals surface area contributed by atoms with Gasteiger partial charge in [-0.1, -0.05) is 31.2 Å². The van der Waals surface area contributed by atoms with Crippen LogP contribution in [0.3, 0.4) is 0 Å². The number of amides is 1. The number of likely N-dealkylation sites (tertiary alicyclic amines) is 1. The van der Waals surface area contributed by atoms with E-state index in [2.05, 4.69) is 51.4 Å². The summed E-state index contributed by atoms with van der Waals surface area (Å²) in [7, 11) is 0. The van der Waals surface area contributed by atoms with Crippen molar-refractivity contribution in [1.29, 1.82) is 0 Å². The SMILES string of the molecule is CCCc1nc(C)cc(NC2CC(=O)N(C3Cc4ccccc4C3)C2)n1. The van der Waals surface area contributed by atoms with Gasteiger partial charge in [0.15, 0.2) is 0 Å². The molecule has 5 nitrogen and oxygen atoms in total. The number of hydrogen-bond acceptors (Lipinski definition) is 4. The van der Waals surface area contributed by atoms with Crippen LogP contribution >= 0.6 is 0 Å². The van der Waals surface area contributed by atoms with Gasteiger partial charge in [0, 0.05) is 37.2 Å². The number of nitrogens with zero attached hydrogens (tertiary/aromatic N) is 3. The molecule has 136 valence electrons. The van der Waals surface area contributed by atoms with E-state index in [-0.39, 0.29) is 11.9 Å². The lowest BCUT2D eigenvalue weighted by atomic mass is 10.1. The predicted molar refractivity (Wildman–Crippen MR) is 102 cm³/mol. The first-order valence-corrected chi connectivity index (χ1v) is 9.59. The molecule has 2 aromatic rings. The molecule has 1 aliphatic carbocycles. The number of anilines is 1. The Bertz CT molecular complexity index is 794. The van der Waals surface area contributed by atoms with Crippen molar-refractivity contribution in [2.24, 2.45) is 0 Å². The van der Waals surface area contributed by atoms with Crippen molar-refractivity contribution in [3.05, 3.63) is 53.0 Å². The molecule has 1 atom stereocenters. The highest BCUT2D eigenvalue weighted by Gasteiger charge is 2.37. The molecule has 0 bridgehead atoms. The number of carbonyl (C=O) groups excluding carboxylic acids is 1. The number of aryl methyl sites for hydroxylation is 2. The molecule has 5 heteroatoms. The minimum absolute atomic E-state index is 0.120. The van der Waals surface area contributed by atoms with Crippen LogP contribution in [0.25, 0.3) is 0 Å². The maximum absolute atomic E-state index is 12.6. The Morgan fingerprint density at radius 3 is 2.58 bits per heavy atom. The van der Waals surface area contributed by atoms with Gasteiger partial charge in [-0.05, 0) is 37.3 Å². The molecule has 1 amide bonds. The van der Waals surface area contributed by atoms with E-state index in [9.17, 15) is 4.79 Å². The first kappa shape index (κ1) is 17.0. The summed E-state index contributed by atoms with van der Waals surface area (Å²) < 4.78 is 0. The lowest BCUT2D eigenvalue weighted by Crippen LogP contribution is -2.38. The number of benzene rings is 1. The molecule has 26 heavy (non-hydrogen) atoms. The van der Waals surface area contributed by atoms with E-state index < -0.39 is 0 Å². The van der Waals surface area contributed by atoms with E-state index >= 15 is 0 Å². The van der Waals surface area contributed by atoms with Crippen molar-refractivity contribution >= 4 is 11.7 Å². The summed E-state index contributed by atoms with van der Waals surface area (Å²) >= 11 is 0. The van der Waals surface area contributed by atoms with Gasteiger partial charge < -0.3 is 10.2 Å². The van der Waals surface area contributed by atoms with Crippen LogP contribution in [-0.2, 0) is 24.1 Å². The zero-order valence-electron chi connectivity index (χ0n) is 15.5. The Hall–Kier alpha value is -2.43. The van der Waals surface area contributed by atoms with Crippen molar-refractivity contribution in [1.82, 2.24) is 14.9 Å². The molecule has 4 rings (SSSR count). The fourth-order valence-electron chi connectivity index (χ4n) is 4.19. The Labute approximate surface area is 154 Å². The zero-order chi connectivity index (χ0) is 18.1. The van der Waals surface area contributed by atoms with Gasteiger partial charge in [0.25, 0.3) is 0 Å². The molecule has 1 aliphatic heterocycles. The van der Waals surface area contributed by atoms with Gasteiger partial charge in [0.1, 0.15) is 11.6 Å². The van der Waals surface area contributed by atoms with Crippen molar-refractivity contribution in [2.75, 3.05) is 11.9 Å². The topological polar surface area (TPSA) is 58.1 Å². The third-order valence-electron chi connectivity index (χ3n) is 5.35. The molecule has 1 saturated heterocycles. The molecule has 0 spiro atoms. The summed E-state index contributed by atoms with van der Waals surface area (Å²) in [5.74, 6) is 1.97. The average Bonchev–Trinajstić information content (AvgIpc) is 3.17. The molecule has 1 aromatic carbocycles. The highest BCUT2D eigenvalue weighted by Crippen LogP contribution is 2.29. The van der Waals surface area contributed by atoms with Crippen LogP contribution in [0, 0.1) is 6.92 Å². The predicted octanol–water partition coefficient (Wildman–Crippen LogP) is 2.92. The van der Waals surface area contributed by atoms with E-state index in [1.54, 1.807) is 0 Å². The van der Waals surface area contributed by atoms with Crippen LogP contribution in [0.4, 0.5) is 5.82 Å². The monoisotopic (exact) mass is 350 g/mol. The fourth-order valence-corrected chi connectivity index (χ4v) is 4.19. The van der Waals surface area contributed by atoms with Crippen LogP contribution in [0.2, 0.25) is 0 Å². The third kappa shape index (κ3) is 3.43. The summed E-state index contributed by atoms with van der Waals surface area (Å²) in [6.07, 6.45) is 4.40. The summed E-state index contributed by atoms with van der Waals surface area (Å²) in [5.41, 5.74) is 3.74. The van der Waals surface area contributed by atoms with Crippen LogP contribution in [0.5, 0.6) is 0 Å². The molecule has 2 aliphatic rings. The Balaban J connectivity index is 1.43. The third-order valence-corrected chi connectivity index (χ3v) is 5.35. The maximum Gasteiger partial charge on any atom is 0.225 e. The van der Waals surface area contributed by atoms with Crippen LogP contribution in [0.1, 0.15) is 42.4 Å². The Morgan fingerprint density at radius 2 is 1.88 bits per heavy atom. The standard InChI is InChI=1S/C21H26N4O/c1-3-6-19-22-14(2)9-20(24-19)23-17-12-21(26)25(13-17)18-10-15-7-4-5-8-16(15)11-18/h4-5,7-9,17-18H,3,6,10-13H2,1-2H3,(H,22,23,24). The van der Waals surface area contributed by atoms with Gasteiger partial charge in [-0.3, -0.25) is 4.79 Å². The lowest BCUT2D eigenvalue weighted by molar-refractivity contribution is -0.129. The second-order valence-corrected chi connectivity index (χ2v) is 7.48.